The van der Waals surface area contributed by atoms with Crippen molar-refractivity contribution in [1.29, 1.82) is 0 Å². The summed E-state index contributed by atoms with van der Waals surface area (Å²) in [4.78, 5) is 6.91. The molecule has 0 aromatic carbocycles. The van der Waals surface area contributed by atoms with Gasteiger partial charge in [0.15, 0.2) is 0 Å². The van der Waals surface area contributed by atoms with Gasteiger partial charge in [0.05, 0.1) is 11.9 Å². The summed E-state index contributed by atoms with van der Waals surface area (Å²) in [6.45, 7) is 6.89. The highest BCUT2D eigenvalue weighted by atomic mass is 15.2. The van der Waals surface area contributed by atoms with E-state index in [1.165, 1.54) is 43.5 Å². The van der Waals surface area contributed by atoms with Crippen molar-refractivity contribution in [2.75, 3.05) is 11.4 Å². The third-order valence-electron chi connectivity index (χ3n) is 4.73. The van der Waals surface area contributed by atoms with Crippen molar-refractivity contribution < 1.29 is 0 Å². The van der Waals surface area contributed by atoms with Gasteiger partial charge in [0, 0.05) is 31.4 Å². The Morgan fingerprint density at radius 2 is 2.16 bits per heavy atom. The number of anilines is 1. The number of aromatic nitrogens is 1. The van der Waals surface area contributed by atoms with Crippen LogP contribution in [-0.2, 0) is 6.54 Å². The largest absolute Gasteiger partial charge is 0.367 e. The van der Waals surface area contributed by atoms with Crippen molar-refractivity contribution in [1.82, 2.24) is 10.3 Å². The molecule has 3 heteroatoms. The molecule has 2 heterocycles. The summed E-state index contributed by atoms with van der Waals surface area (Å²) in [5.74, 6) is 0.776. The molecule has 2 fully saturated rings. The van der Waals surface area contributed by atoms with Crippen molar-refractivity contribution in [2.24, 2.45) is 5.92 Å². The molecule has 3 rings (SSSR count). The van der Waals surface area contributed by atoms with Gasteiger partial charge in [-0.25, -0.2) is 0 Å². The van der Waals surface area contributed by atoms with Crippen LogP contribution < -0.4 is 10.2 Å². The Kier molecular flexibility index (Phi) is 3.74. The zero-order valence-corrected chi connectivity index (χ0v) is 12.1. The maximum atomic E-state index is 4.35. The van der Waals surface area contributed by atoms with Gasteiger partial charge in [0.1, 0.15) is 0 Å². The number of pyridine rings is 1. The second-order valence-corrected chi connectivity index (χ2v) is 6.21. The van der Waals surface area contributed by atoms with Crippen LogP contribution in [0.25, 0.3) is 0 Å². The van der Waals surface area contributed by atoms with E-state index in [0.29, 0.717) is 6.04 Å². The van der Waals surface area contributed by atoms with E-state index in [1.807, 2.05) is 6.20 Å². The van der Waals surface area contributed by atoms with Crippen LogP contribution in [0.3, 0.4) is 0 Å². The molecule has 1 aromatic rings. The first kappa shape index (κ1) is 12.9. The van der Waals surface area contributed by atoms with Gasteiger partial charge in [0.25, 0.3) is 0 Å². The fraction of sp³-hybridized carbons (Fsp3) is 0.688. The molecule has 1 N–H and O–H groups in total. The summed E-state index contributed by atoms with van der Waals surface area (Å²) >= 11 is 0. The fourth-order valence-corrected chi connectivity index (χ4v) is 3.04. The third-order valence-corrected chi connectivity index (χ3v) is 4.73. The Morgan fingerprint density at radius 1 is 1.32 bits per heavy atom. The monoisotopic (exact) mass is 259 g/mol. The van der Waals surface area contributed by atoms with Gasteiger partial charge in [0.2, 0.25) is 0 Å². The molecule has 104 valence electrons. The molecular weight excluding hydrogens is 234 g/mol. The third kappa shape index (κ3) is 2.92. The minimum atomic E-state index is 0.623. The highest BCUT2D eigenvalue weighted by Crippen LogP contribution is 2.30. The first-order valence-electron chi connectivity index (χ1n) is 7.68. The Labute approximate surface area is 116 Å². The summed E-state index contributed by atoms with van der Waals surface area (Å²) < 4.78 is 0. The van der Waals surface area contributed by atoms with Crippen molar-refractivity contribution >= 4 is 5.69 Å². The first-order chi connectivity index (χ1) is 9.25. The van der Waals surface area contributed by atoms with Crippen LogP contribution in [0.15, 0.2) is 18.5 Å². The van der Waals surface area contributed by atoms with Gasteiger partial charge < -0.3 is 10.2 Å². The van der Waals surface area contributed by atoms with Crippen molar-refractivity contribution in [3.05, 3.63) is 24.0 Å². The number of nitrogens with one attached hydrogen (secondary N) is 1. The van der Waals surface area contributed by atoms with E-state index >= 15 is 0 Å². The predicted molar refractivity (Wildman–Crippen MR) is 79.3 cm³/mol. The van der Waals surface area contributed by atoms with E-state index in [4.69, 9.17) is 0 Å². The number of nitrogens with zero attached hydrogens (tertiary/aromatic N) is 2. The predicted octanol–water partition coefficient (Wildman–Crippen LogP) is 2.96. The highest BCUT2D eigenvalue weighted by molar-refractivity contribution is 5.53. The van der Waals surface area contributed by atoms with E-state index in [0.717, 1.165) is 18.5 Å². The number of hydrogen-bond acceptors (Lipinski definition) is 3. The van der Waals surface area contributed by atoms with E-state index in [1.54, 1.807) is 0 Å². The lowest BCUT2D eigenvalue weighted by molar-refractivity contribution is 0.362. The molecule has 0 bridgehead atoms. The number of hydrogen-bond donors (Lipinski definition) is 1. The summed E-state index contributed by atoms with van der Waals surface area (Å²) in [5, 5.41) is 3.62. The molecule has 0 amide bonds. The Balaban J connectivity index is 1.77. The second-order valence-electron chi connectivity index (χ2n) is 6.21. The molecule has 2 aliphatic rings. The maximum Gasteiger partial charge on any atom is 0.0600 e. The number of rotatable bonds is 4. The van der Waals surface area contributed by atoms with Crippen LogP contribution in [0.1, 0.15) is 45.1 Å². The maximum absolute atomic E-state index is 4.35. The molecular formula is C16H25N3. The van der Waals surface area contributed by atoms with E-state index in [9.17, 15) is 0 Å². The molecule has 1 saturated heterocycles. The van der Waals surface area contributed by atoms with Gasteiger partial charge in [-0.1, -0.05) is 6.92 Å². The smallest absolute Gasteiger partial charge is 0.0600 e. The molecule has 0 radical (unpaired) electrons. The van der Waals surface area contributed by atoms with Gasteiger partial charge in [-0.3, -0.25) is 4.98 Å². The van der Waals surface area contributed by atoms with Crippen molar-refractivity contribution in [3.8, 4) is 0 Å². The zero-order valence-electron chi connectivity index (χ0n) is 12.1. The lowest BCUT2D eigenvalue weighted by atomic mass is 9.91. The average Bonchev–Trinajstić information content (AvgIpc) is 3.24. The lowest BCUT2D eigenvalue weighted by Crippen LogP contribution is -2.43. The second kappa shape index (κ2) is 5.49. The topological polar surface area (TPSA) is 28.2 Å². The Hall–Kier alpha value is -1.09. The van der Waals surface area contributed by atoms with Crippen LogP contribution in [0.5, 0.6) is 0 Å². The van der Waals surface area contributed by atoms with Crippen LogP contribution in [0.4, 0.5) is 5.69 Å². The SMILES string of the molecule is CC1CCCN(c2cnccc2CNC2CC2)C1C. The van der Waals surface area contributed by atoms with E-state index in [-0.39, 0.29) is 0 Å². The molecule has 1 aromatic heterocycles. The number of piperidine rings is 1. The van der Waals surface area contributed by atoms with Crippen molar-refractivity contribution in [2.45, 2.75) is 58.2 Å². The molecule has 2 atom stereocenters. The Bertz CT molecular complexity index is 428. The lowest BCUT2D eigenvalue weighted by Gasteiger charge is -2.40. The molecule has 1 aliphatic carbocycles. The van der Waals surface area contributed by atoms with Gasteiger partial charge in [-0.05, 0) is 50.2 Å². The van der Waals surface area contributed by atoms with E-state index in [2.05, 4.69) is 41.3 Å². The average molecular weight is 259 g/mol. The van der Waals surface area contributed by atoms with Crippen LogP contribution >= 0.6 is 0 Å². The minimum absolute atomic E-state index is 0.623. The van der Waals surface area contributed by atoms with E-state index < -0.39 is 0 Å². The van der Waals surface area contributed by atoms with Gasteiger partial charge >= 0.3 is 0 Å². The van der Waals surface area contributed by atoms with Crippen LogP contribution in [0.2, 0.25) is 0 Å². The minimum Gasteiger partial charge on any atom is -0.367 e. The quantitative estimate of drug-likeness (QED) is 0.901. The summed E-state index contributed by atoms with van der Waals surface area (Å²) in [5.41, 5.74) is 2.75. The summed E-state index contributed by atoms with van der Waals surface area (Å²) in [6.07, 6.45) is 9.32. The summed E-state index contributed by atoms with van der Waals surface area (Å²) in [6, 6.07) is 3.56. The fourth-order valence-electron chi connectivity index (χ4n) is 3.04. The molecule has 0 spiro atoms. The molecule has 3 nitrogen and oxygen atoms in total. The zero-order chi connectivity index (χ0) is 13.2. The van der Waals surface area contributed by atoms with Gasteiger partial charge in [-0.15, -0.1) is 0 Å². The Morgan fingerprint density at radius 3 is 2.95 bits per heavy atom. The molecule has 1 saturated carbocycles. The van der Waals surface area contributed by atoms with Gasteiger partial charge in [-0.2, -0.15) is 0 Å². The standard InChI is InChI=1S/C16H25N3/c1-12-4-3-9-19(13(12)2)16-11-17-8-7-14(16)10-18-15-5-6-15/h7-8,11-13,15,18H,3-6,9-10H2,1-2H3. The summed E-state index contributed by atoms with van der Waals surface area (Å²) in [7, 11) is 0. The normalized spacial score (nSPS) is 27.6. The first-order valence-corrected chi connectivity index (χ1v) is 7.68. The van der Waals surface area contributed by atoms with Crippen molar-refractivity contribution in [3.63, 3.8) is 0 Å². The highest BCUT2D eigenvalue weighted by Gasteiger charge is 2.27. The molecule has 19 heavy (non-hydrogen) atoms. The van der Waals surface area contributed by atoms with Crippen LogP contribution in [0, 0.1) is 5.92 Å². The molecule has 2 unspecified atom stereocenters. The van der Waals surface area contributed by atoms with Crippen LogP contribution in [-0.4, -0.2) is 23.6 Å². The molecule has 1 aliphatic heterocycles.